The molecule has 84 valence electrons. The van der Waals surface area contributed by atoms with Crippen LogP contribution in [0.3, 0.4) is 0 Å². The van der Waals surface area contributed by atoms with E-state index in [4.69, 9.17) is 17.3 Å². The third-order valence-electron chi connectivity index (χ3n) is 2.21. The molecule has 0 bridgehead atoms. The van der Waals surface area contributed by atoms with Crippen LogP contribution in [0.25, 0.3) is 0 Å². The van der Waals surface area contributed by atoms with Gasteiger partial charge in [-0.05, 0) is 29.3 Å². The van der Waals surface area contributed by atoms with Gasteiger partial charge in [-0.25, -0.2) is 9.97 Å². The maximum Gasteiger partial charge on any atom is 0.150 e. The van der Waals surface area contributed by atoms with Crippen molar-refractivity contribution in [3.05, 3.63) is 33.7 Å². The van der Waals surface area contributed by atoms with Crippen molar-refractivity contribution < 1.29 is 0 Å². The highest BCUT2D eigenvalue weighted by molar-refractivity contribution is 7.07. The number of nitrogens with one attached hydrogen (secondary N) is 1. The van der Waals surface area contributed by atoms with Crippen molar-refractivity contribution in [2.75, 3.05) is 11.1 Å². The van der Waals surface area contributed by atoms with E-state index in [0.717, 1.165) is 0 Å². The minimum Gasteiger partial charge on any atom is -0.382 e. The van der Waals surface area contributed by atoms with Crippen molar-refractivity contribution in [3.63, 3.8) is 0 Å². The van der Waals surface area contributed by atoms with Gasteiger partial charge in [0.15, 0.2) is 5.82 Å². The molecule has 6 heteroatoms. The monoisotopic (exact) mass is 254 g/mol. The van der Waals surface area contributed by atoms with E-state index in [2.05, 4.69) is 26.7 Å². The molecule has 0 amide bonds. The van der Waals surface area contributed by atoms with Gasteiger partial charge in [0.25, 0.3) is 0 Å². The fourth-order valence-electron chi connectivity index (χ4n) is 1.29. The molecule has 0 radical (unpaired) electrons. The van der Waals surface area contributed by atoms with Gasteiger partial charge in [0.2, 0.25) is 0 Å². The van der Waals surface area contributed by atoms with Gasteiger partial charge >= 0.3 is 0 Å². The number of hydrogen-bond acceptors (Lipinski definition) is 5. The number of nitrogens with two attached hydrogens (primary N) is 1. The van der Waals surface area contributed by atoms with Crippen molar-refractivity contribution in [3.8, 4) is 0 Å². The van der Waals surface area contributed by atoms with Crippen LogP contribution in [0.2, 0.25) is 5.02 Å². The summed E-state index contributed by atoms with van der Waals surface area (Å²) in [6.45, 7) is 2.04. The van der Waals surface area contributed by atoms with Crippen LogP contribution in [0, 0.1) is 0 Å². The highest BCUT2D eigenvalue weighted by Crippen LogP contribution is 2.27. The molecule has 0 saturated carbocycles. The zero-order valence-corrected chi connectivity index (χ0v) is 10.2. The number of nitrogen functional groups attached to an aromatic ring is 1. The molecule has 0 aromatic carbocycles. The van der Waals surface area contributed by atoms with E-state index in [9.17, 15) is 0 Å². The molecule has 1 unspecified atom stereocenters. The largest absolute Gasteiger partial charge is 0.382 e. The Morgan fingerprint density at radius 2 is 2.31 bits per heavy atom. The lowest BCUT2D eigenvalue weighted by Gasteiger charge is -2.14. The Kier molecular flexibility index (Phi) is 3.26. The number of hydrogen-bond donors (Lipinski definition) is 2. The Morgan fingerprint density at radius 1 is 1.50 bits per heavy atom. The summed E-state index contributed by atoms with van der Waals surface area (Å²) in [4.78, 5) is 7.86. The topological polar surface area (TPSA) is 63.8 Å². The summed E-state index contributed by atoms with van der Waals surface area (Å²) in [5.74, 6) is 0.851. The minimum atomic E-state index is 0.137. The number of aromatic nitrogens is 2. The Bertz CT molecular complexity index is 472. The second-order valence-corrected chi connectivity index (χ2v) is 4.50. The Labute approximate surface area is 102 Å². The molecule has 0 fully saturated rings. The number of nitrogens with zero attached hydrogens (tertiary/aromatic N) is 2. The van der Waals surface area contributed by atoms with Gasteiger partial charge < -0.3 is 11.1 Å². The van der Waals surface area contributed by atoms with Gasteiger partial charge in [0.1, 0.15) is 17.2 Å². The highest BCUT2D eigenvalue weighted by Gasteiger charge is 2.11. The van der Waals surface area contributed by atoms with Crippen LogP contribution < -0.4 is 11.1 Å². The third kappa shape index (κ3) is 2.25. The molecule has 4 nitrogen and oxygen atoms in total. The van der Waals surface area contributed by atoms with Crippen molar-refractivity contribution in [1.29, 1.82) is 0 Å². The van der Waals surface area contributed by atoms with Crippen LogP contribution in [0.4, 0.5) is 11.6 Å². The first-order valence-electron chi connectivity index (χ1n) is 4.73. The van der Waals surface area contributed by atoms with Crippen LogP contribution in [0.15, 0.2) is 23.2 Å². The molecule has 1 atom stereocenters. The summed E-state index contributed by atoms with van der Waals surface area (Å²) in [5.41, 5.74) is 6.79. The molecule has 0 saturated heterocycles. The predicted octanol–water partition coefficient (Wildman–Crippen LogP) is 2.95. The molecule has 2 heterocycles. The zero-order chi connectivity index (χ0) is 11.5. The smallest absolute Gasteiger partial charge is 0.150 e. The van der Waals surface area contributed by atoms with Gasteiger partial charge in [-0.2, -0.15) is 11.3 Å². The van der Waals surface area contributed by atoms with E-state index in [1.165, 1.54) is 11.9 Å². The summed E-state index contributed by atoms with van der Waals surface area (Å²) >= 11 is 7.64. The van der Waals surface area contributed by atoms with E-state index in [-0.39, 0.29) is 11.9 Å². The van der Waals surface area contributed by atoms with E-state index in [1.807, 2.05) is 12.3 Å². The van der Waals surface area contributed by atoms with Crippen LogP contribution in [-0.2, 0) is 0 Å². The van der Waals surface area contributed by atoms with E-state index in [0.29, 0.717) is 10.8 Å². The van der Waals surface area contributed by atoms with Gasteiger partial charge in [-0.3, -0.25) is 0 Å². The second-order valence-electron chi connectivity index (χ2n) is 3.34. The summed E-state index contributed by atoms with van der Waals surface area (Å²) in [7, 11) is 0. The zero-order valence-electron chi connectivity index (χ0n) is 8.64. The lowest BCUT2D eigenvalue weighted by molar-refractivity contribution is 0.878. The average molecular weight is 255 g/mol. The standard InChI is InChI=1S/C10H11ClN4S/c1-6(7-2-3-16-4-7)15-10-8(11)9(12)13-5-14-10/h2-6H,1H3,(H3,12,13,14,15). The number of halogens is 1. The lowest BCUT2D eigenvalue weighted by atomic mass is 10.2. The van der Waals surface area contributed by atoms with Crippen molar-refractivity contribution in [1.82, 2.24) is 9.97 Å². The third-order valence-corrected chi connectivity index (χ3v) is 3.29. The number of anilines is 2. The van der Waals surface area contributed by atoms with Crippen LogP contribution in [0.5, 0.6) is 0 Å². The summed E-state index contributed by atoms with van der Waals surface area (Å²) in [6, 6.07) is 2.19. The van der Waals surface area contributed by atoms with Gasteiger partial charge in [-0.1, -0.05) is 11.6 Å². The maximum absolute atomic E-state index is 5.99. The first kappa shape index (κ1) is 11.2. The summed E-state index contributed by atoms with van der Waals surface area (Å²) in [5, 5.41) is 7.67. The normalized spacial score (nSPS) is 12.4. The van der Waals surface area contributed by atoms with E-state index < -0.39 is 0 Å². The lowest BCUT2D eigenvalue weighted by Crippen LogP contribution is -2.08. The minimum absolute atomic E-state index is 0.137. The molecular formula is C10H11ClN4S. The summed E-state index contributed by atoms with van der Waals surface area (Å²) in [6.07, 6.45) is 1.39. The molecule has 2 rings (SSSR count). The first-order valence-corrected chi connectivity index (χ1v) is 6.05. The van der Waals surface area contributed by atoms with Gasteiger partial charge in [-0.15, -0.1) is 0 Å². The van der Waals surface area contributed by atoms with Crippen molar-refractivity contribution in [2.24, 2.45) is 0 Å². The summed E-state index contributed by atoms with van der Waals surface area (Å²) < 4.78 is 0. The number of rotatable bonds is 3. The predicted molar refractivity (Wildman–Crippen MR) is 67.8 cm³/mol. The van der Waals surface area contributed by atoms with Crippen LogP contribution in [-0.4, -0.2) is 9.97 Å². The Hall–Kier alpha value is -1.33. The van der Waals surface area contributed by atoms with Crippen molar-refractivity contribution >= 4 is 34.6 Å². The first-order chi connectivity index (χ1) is 7.68. The highest BCUT2D eigenvalue weighted by atomic mass is 35.5. The van der Waals surface area contributed by atoms with E-state index in [1.54, 1.807) is 11.3 Å². The quantitative estimate of drug-likeness (QED) is 0.884. The molecule has 2 aromatic rings. The van der Waals surface area contributed by atoms with E-state index >= 15 is 0 Å². The average Bonchev–Trinajstić information content (AvgIpc) is 2.78. The van der Waals surface area contributed by atoms with Crippen LogP contribution >= 0.6 is 22.9 Å². The van der Waals surface area contributed by atoms with Crippen molar-refractivity contribution in [2.45, 2.75) is 13.0 Å². The molecule has 2 aromatic heterocycles. The fraction of sp³-hybridized carbons (Fsp3) is 0.200. The molecular weight excluding hydrogens is 244 g/mol. The fourth-order valence-corrected chi connectivity index (χ4v) is 2.20. The van der Waals surface area contributed by atoms with Gasteiger partial charge in [0, 0.05) is 0 Å². The number of thiophene rings is 1. The molecule has 0 spiro atoms. The molecule has 0 aliphatic carbocycles. The Morgan fingerprint density at radius 3 is 3.00 bits per heavy atom. The van der Waals surface area contributed by atoms with Crippen LogP contribution in [0.1, 0.15) is 18.5 Å². The Balaban J connectivity index is 2.18. The van der Waals surface area contributed by atoms with Gasteiger partial charge in [0.05, 0.1) is 6.04 Å². The SMILES string of the molecule is CC(Nc1ncnc(N)c1Cl)c1ccsc1. The molecule has 3 N–H and O–H groups in total. The maximum atomic E-state index is 5.99. The molecule has 0 aliphatic rings. The second kappa shape index (κ2) is 4.67. The molecule has 0 aliphatic heterocycles. The molecule has 16 heavy (non-hydrogen) atoms.